The standard InChI is InChI=1S/C15H19F2NO2/c1-2-20-12-4-3-7-18(9-12)10-15(19)13-6-5-11(16)8-14(13)17/h5-6,8,12H,2-4,7,9-10H2,1H3. The fourth-order valence-electron chi connectivity index (χ4n) is 2.53. The van der Waals surface area contributed by atoms with Crippen molar-refractivity contribution >= 4 is 5.78 Å². The Kier molecular flexibility index (Phi) is 5.20. The highest BCUT2D eigenvalue weighted by molar-refractivity contribution is 5.97. The minimum absolute atomic E-state index is 0.0510. The Morgan fingerprint density at radius 1 is 1.45 bits per heavy atom. The Hall–Kier alpha value is -1.33. The van der Waals surface area contributed by atoms with Crippen molar-refractivity contribution in [2.45, 2.75) is 25.9 Å². The van der Waals surface area contributed by atoms with Crippen LogP contribution in [-0.4, -0.2) is 43.0 Å². The number of nitrogens with zero attached hydrogens (tertiary/aromatic N) is 1. The van der Waals surface area contributed by atoms with E-state index in [1.54, 1.807) is 0 Å². The second-order valence-electron chi connectivity index (χ2n) is 5.00. The van der Waals surface area contributed by atoms with E-state index in [1.807, 2.05) is 11.8 Å². The Morgan fingerprint density at radius 3 is 2.95 bits per heavy atom. The molecule has 1 atom stereocenters. The first-order valence-corrected chi connectivity index (χ1v) is 6.92. The van der Waals surface area contributed by atoms with Gasteiger partial charge < -0.3 is 4.74 Å². The zero-order valence-electron chi connectivity index (χ0n) is 11.6. The summed E-state index contributed by atoms with van der Waals surface area (Å²) in [6.07, 6.45) is 2.09. The maximum atomic E-state index is 13.5. The molecule has 1 unspecified atom stereocenters. The van der Waals surface area contributed by atoms with Crippen LogP contribution in [0.1, 0.15) is 30.1 Å². The molecule has 0 aliphatic carbocycles. The van der Waals surface area contributed by atoms with E-state index in [-0.39, 0.29) is 24.0 Å². The van der Waals surface area contributed by atoms with E-state index in [2.05, 4.69) is 0 Å². The molecule has 2 rings (SSSR count). The topological polar surface area (TPSA) is 29.5 Å². The van der Waals surface area contributed by atoms with E-state index in [0.29, 0.717) is 13.2 Å². The number of hydrogen-bond acceptors (Lipinski definition) is 3. The van der Waals surface area contributed by atoms with Crippen LogP contribution in [-0.2, 0) is 4.74 Å². The Labute approximate surface area is 117 Å². The van der Waals surface area contributed by atoms with Crippen LogP contribution in [0.15, 0.2) is 18.2 Å². The van der Waals surface area contributed by atoms with Gasteiger partial charge in [-0.2, -0.15) is 0 Å². The van der Waals surface area contributed by atoms with Crippen molar-refractivity contribution in [3.63, 3.8) is 0 Å². The molecule has 0 aromatic heterocycles. The third-order valence-electron chi connectivity index (χ3n) is 3.46. The molecule has 0 amide bonds. The molecule has 1 aliphatic rings. The fourth-order valence-corrected chi connectivity index (χ4v) is 2.53. The van der Waals surface area contributed by atoms with Crippen molar-refractivity contribution in [2.75, 3.05) is 26.2 Å². The molecular weight excluding hydrogens is 264 g/mol. The number of likely N-dealkylation sites (tertiary alicyclic amines) is 1. The Morgan fingerprint density at radius 2 is 2.25 bits per heavy atom. The molecule has 3 nitrogen and oxygen atoms in total. The monoisotopic (exact) mass is 283 g/mol. The van der Waals surface area contributed by atoms with Gasteiger partial charge in [-0.3, -0.25) is 9.69 Å². The van der Waals surface area contributed by atoms with Gasteiger partial charge in [-0.15, -0.1) is 0 Å². The van der Waals surface area contributed by atoms with E-state index in [4.69, 9.17) is 4.74 Å². The number of rotatable bonds is 5. The first-order valence-electron chi connectivity index (χ1n) is 6.92. The van der Waals surface area contributed by atoms with E-state index in [1.165, 1.54) is 6.07 Å². The van der Waals surface area contributed by atoms with Gasteiger partial charge in [0.15, 0.2) is 5.78 Å². The molecule has 110 valence electrons. The number of carbonyl (C=O) groups is 1. The van der Waals surface area contributed by atoms with E-state index in [0.717, 1.165) is 31.5 Å². The largest absolute Gasteiger partial charge is 0.377 e. The lowest BCUT2D eigenvalue weighted by atomic mass is 10.1. The summed E-state index contributed by atoms with van der Waals surface area (Å²) in [7, 11) is 0. The minimum atomic E-state index is -0.798. The number of hydrogen-bond donors (Lipinski definition) is 0. The highest BCUT2D eigenvalue weighted by Crippen LogP contribution is 2.15. The highest BCUT2D eigenvalue weighted by Gasteiger charge is 2.23. The van der Waals surface area contributed by atoms with Gasteiger partial charge in [0.05, 0.1) is 18.2 Å². The lowest BCUT2D eigenvalue weighted by Gasteiger charge is -2.31. The molecule has 0 N–H and O–H groups in total. The fraction of sp³-hybridized carbons (Fsp3) is 0.533. The zero-order chi connectivity index (χ0) is 14.5. The average molecular weight is 283 g/mol. The van der Waals surface area contributed by atoms with E-state index in [9.17, 15) is 13.6 Å². The van der Waals surface area contributed by atoms with Crippen LogP contribution in [0, 0.1) is 11.6 Å². The molecule has 1 aromatic rings. The van der Waals surface area contributed by atoms with Gasteiger partial charge in [-0.1, -0.05) is 0 Å². The van der Waals surface area contributed by atoms with Crippen molar-refractivity contribution in [3.05, 3.63) is 35.4 Å². The summed E-state index contributed by atoms with van der Waals surface area (Å²) in [5, 5.41) is 0. The summed E-state index contributed by atoms with van der Waals surface area (Å²) < 4.78 is 31.9. The van der Waals surface area contributed by atoms with E-state index >= 15 is 0 Å². The molecule has 5 heteroatoms. The zero-order valence-corrected chi connectivity index (χ0v) is 11.6. The lowest BCUT2D eigenvalue weighted by Crippen LogP contribution is -2.42. The molecule has 0 bridgehead atoms. The summed E-state index contributed by atoms with van der Waals surface area (Å²) >= 11 is 0. The number of benzene rings is 1. The van der Waals surface area contributed by atoms with Gasteiger partial charge in [0, 0.05) is 19.2 Å². The van der Waals surface area contributed by atoms with Crippen molar-refractivity contribution in [2.24, 2.45) is 0 Å². The molecule has 0 radical (unpaired) electrons. The average Bonchev–Trinajstić information content (AvgIpc) is 2.39. The lowest BCUT2D eigenvalue weighted by molar-refractivity contribution is 0.00715. The van der Waals surface area contributed by atoms with Crippen LogP contribution in [0.2, 0.25) is 0 Å². The van der Waals surface area contributed by atoms with Gasteiger partial charge in [0.1, 0.15) is 11.6 Å². The number of ether oxygens (including phenoxy) is 1. The van der Waals surface area contributed by atoms with Gasteiger partial charge in [-0.25, -0.2) is 8.78 Å². The number of ketones is 1. The number of Topliss-reactive ketones (excluding diaryl/α,β-unsaturated/α-hetero) is 1. The molecule has 1 aromatic carbocycles. The summed E-state index contributed by atoms with van der Waals surface area (Å²) in [5.41, 5.74) is -0.0510. The second-order valence-corrected chi connectivity index (χ2v) is 5.00. The molecule has 1 heterocycles. The van der Waals surface area contributed by atoms with Crippen molar-refractivity contribution < 1.29 is 18.3 Å². The van der Waals surface area contributed by atoms with Crippen LogP contribution in [0.4, 0.5) is 8.78 Å². The highest BCUT2D eigenvalue weighted by atomic mass is 19.1. The van der Waals surface area contributed by atoms with Crippen molar-refractivity contribution in [3.8, 4) is 0 Å². The van der Waals surface area contributed by atoms with Crippen molar-refractivity contribution in [1.82, 2.24) is 4.90 Å². The predicted octanol–water partition coefficient (Wildman–Crippen LogP) is 2.65. The Bertz CT molecular complexity index is 477. The quantitative estimate of drug-likeness (QED) is 0.778. The Balaban J connectivity index is 1.97. The summed E-state index contributed by atoms with van der Waals surface area (Å²) in [4.78, 5) is 14.0. The number of carbonyl (C=O) groups excluding carboxylic acids is 1. The van der Waals surface area contributed by atoms with Crippen LogP contribution in [0.5, 0.6) is 0 Å². The smallest absolute Gasteiger partial charge is 0.179 e. The molecule has 1 aliphatic heterocycles. The molecular formula is C15H19F2NO2. The van der Waals surface area contributed by atoms with Gasteiger partial charge >= 0.3 is 0 Å². The molecule has 1 saturated heterocycles. The number of halogens is 2. The molecule has 0 saturated carbocycles. The summed E-state index contributed by atoms with van der Waals surface area (Å²) in [6, 6.07) is 3.05. The first kappa shape index (κ1) is 15.1. The molecule has 20 heavy (non-hydrogen) atoms. The van der Waals surface area contributed by atoms with Crippen LogP contribution in [0.25, 0.3) is 0 Å². The van der Waals surface area contributed by atoms with Crippen LogP contribution in [0.3, 0.4) is 0 Å². The second kappa shape index (κ2) is 6.90. The number of piperidine rings is 1. The predicted molar refractivity (Wildman–Crippen MR) is 71.8 cm³/mol. The molecule has 0 spiro atoms. The third kappa shape index (κ3) is 3.84. The van der Waals surface area contributed by atoms with Crippen LogP contribution < -0.4 is 0 Å². The normalized spacial score (nSPS) is 20.1. The maximum Gasteiger partial charge on any atom is 0.179 e. The van der Waals surface area contributed by atoms with Gasteiger partial charge in [0.2, 0.25) is 0 Å². The van der Waals surface area contributed by atoms with Gasteiger partial charge in [0.25, 0.3) is 0 Å². The maximum absolute atomic E-state index is 13.5. The summed E-state index contributed by atoms with van der Waals surface area (Å²) in [6.45, 7) is 4.23. The van der Waals surface area contributed by atoms with Crippen molar-refractivity contribution in [1.29, 1.82) is 0 Å². The molecule has 1 fully saturated rings. The minimum Gasteiger partial charge on any atom is -0.377 e. The van der Waals surface area contributed by atoms with Crippen LogP contribution >= 0.6 is 0 Å². The summed E-state index contributed by atoms with van der Waals surface area (Å²) in [5.74, 6) is -1.79. The third-order valence-corrected chi connectivity index (χ3v) is 3.46. The first-order chi connectivity index (χ1) is 9.60. The van der Waals surface area contributed by atoms with Gasteiger partial charge in [-0.05, 0) is 38.4 Å². The van der Waals surface area contributed by atoms with E-state index < -0.39 is 11.6 Å². The SMILES string of the molecule is CCOC1CCCN(CC(=O)c2ccc(F)cc2F)C1.